The Labute approximate surface area is 202 Å². The van der Waals surface area contributed by atoms with Gasteiger partial charge in [-0.05, 0) is 32.3 Å². The van der Waals surface area contributed by atoms with Crippen molar-refractivity contribution in [1.29, 1.82) is 0 Å². The van der Waals surface area contributed by atoms with Crippen molar-refractivity contribution in [2.45, 2.75) is 38.8 Å². The van der Waals surface area contributed by atoms with Gasteiger partial charge in [0.25, 0.3) is 5.91 Å². The predicted octanol–water partition coefficient (Wildman–Crippen LogP) is 5.18. The minimum Gasteiger partial charge on any atom is -0.503 e. The third-order valence-corrected chi connectivity index (χ3v) is 7.56. The first-order chi connectivity index (χ1) is 16.4. The second-order valence-corrected chi connectivity index (χ2v) is 9.80. The third kappa shape index (κ3) is 4.06. The number of Topliss-reactive ketones (excluding diaryl/α,β-unsaturated/α-hetero) is 1. The van der Waals surface area contributed by atoms with E-state index in [1.165, 1.54) is 11.3 Å². The van der Waals surface area contributed by atoms with Gasteiger partial charge in [-0.2, -0.15) is 0 Å². The maximum atomic E-state index is 13.9. The molecule has 2 aromatic carbocycles. The predicted molar refractivity (Wildman–Crippen MR) is 131 cm³/mol. The Kier molecular flexibility index (Phi) is 6.06. The molecule has 174 valence electrons. The SMILES string of the molecule is Cc1cccc(C2C(C(=O)c3sc(-c4ccccc4)nc3C)=C(O)C(=O)N2CC2CCCO2)c1. The largest absolute Gasteiger partial charge is 0.503 e. The second kappa shape index (κ2) is 9.16. The van der Waals surface area contributed by atoms with E-state index in [1.54, 1.807) is 11.8 Å². The Bertz CT molecular complexity index is 1270. The smallest absolute Gasteiger partial charge is 0.290 e. The number of hydrogen-bond donors (Lipinski definition) is 1. The summed E-state index contributed by atoms with van der Waals surface area (Å²) in [5.41, 5.74) is 3.43. The molecule has 2 aliphatic heterocycles. The molecule has 1 N–H and O–H groups in total. The number of rotatable bonds is 6. The van der Waals surface area contributed by atoms with E-state index < -0.39 is 17.7 Å². The van der Waals surface area contributed by atoms with E-state index in [2.05, 4.69) is 4.98 Å². The van der Waals surface area contributed by atoms with Crippen LogP contribution in [0.1, 0.15) is 45.4 Å². The van der Waals surface area contributed by atoms with Crippen LogP contribution >= 0.6 is 11.3 Å². The molecule has 0 radical (unpaired) electrons. The van der Waals surface area contributed by atoms with Gasteiger partial charge in [0, 0.05) is 18.7 Å². The highest BCUT2D eigenvalue weighted by atomic mass is 32.1. The average Bonchev–Trinajstić information content (AvgIpc) is 3.55. The number of ether oxygens (including phenoxy) is 1. The van der Waals surface area contributed by atoms with Crippen LogP contribution in [0.2, 0.25) is 0 Å². The lowest BCUT2D eigenvalue weighted by Gasteiger charge is -2.29. The van der Waals surface area contributed by atoms with Gasteiger partial charge in [-0.1, -0.05) is 60.2 Å². The minimum absolute atomic E-state index is 0.103. The molecular weight excluding hydrogens is 448 g/mol. The monoisotopic (exact) mass is 474 g/mol. The summed E-state index contributed by atoms with van der Waals surface area (Å²) >= 11 is 1.28. The molecule has 2 unspecified atom stereocenters. The molecular formula is C27H26N2O4S. The number of hydrogen-bond acceptors (Lipinski definition) is 6. The zero-order valence-corrected chi connectivity index (χ0v) is 20.0. The highest BCUT2D eigenvalue weighted by Gasteiger charge is 2.45. The lowest BCUT2D eigenvalue weighted by atomic mass is 9.94. The number of benzene rings is 2. The molecule has 6 nitrogen and oxygen atoms in total. The highest BCUT2D eigenvalue weighted by Crippen LogP contribution is 2.41. The standard InChI is InChI=1S/C27H26N2O4S/c1-16-8-6-11-19(14-16)22-21(24(31)27(32)29(22)15-20-12-7-13-33-20)23(30)25-17(2)28-26(34-25)18-9-4-3-5-10-18/h3-6,8-11,14,20,22,31H,7,12-13,15H2,1-2H3. The van der Waals surface area contributed by atoms with Crippen LogP contribution in [0.5, 0.6) is 0 Å². The topological polar surface area (TPSA) is 79.7 Å². The van der Waals surface area contributed by atoms with E-state index in [0.29, 0.717) is 23.7 Å². The zero-order valence-electron chi connectivity index (χ0n) is 19.2. The molecule has 2 atom stereocenters. The van der Waals surface area contributed by atoms with Crippen molar-refractivity contribution in [2.24, 2.45) is 0 Å². The molecule has 3 heterocycles. The van der Waals surface area contributed by atoms with Crippen molar-refractivity contribution < 1.29 is 19.4 Å². The van der Waals surface area contributed by atoms with Gasteiger partial charge in [-0.15, -0.1) is 11.3 Å². The molecule has 7 heteroatoms. The molecule has 2 aliphatic rings. The number of carbonyl (C=O) groups excluding carboxylic acids is 2. The number of ketones is 1. The lowest BCUT2D eigenvalue weighted by molar-refractivity contribution is -0.131. The van der Waals surface area contributed by atoms with Crippen molar-refractivity contribution >= 4 is 23.0 Å². The van der Waals surface area contributed by atoms with Crippen LogP contribution in [-0.2, 0) is 9.53 Å². The van der Waals surface area contributed by atoms with Gasteiger partial charge >= 0.3 is 0 Å². The molecule has 0 bridgehead atoms. The van der Waals surface area contributed by atoms with Gasteiger partial charge in [-0.25, -0.2) is 4.98 Å². The number of aliphatic hydroxyl groups excluding tert-OH is 1. The summed E-state index contributed by atoms with van der Waals surface area (Å²) in [4.78, 5) is 33.7. The van der Waals surface area contributed by atoms with Gasteiger partial charge < -0.3 is 14.7 Å². The fourth-order valence-corrected chi connectivity index (χ4v) is 5.73. The van der Waals surface area contributed by atoms with Crippen molar-refractivity contribution in [3.8, 4) is 10.6 Å². The third-order valence-electron chi connectivity index (χ3n) is 6.35. The summed E-state index contributed by atoms with van der Waals surface area (Å²) < 4.78 is 5.77. The van der Waals surface area contributed by atoms with Gasteiger partial charge in [-0.3, -0.25) is 9.59 Å². The van der Waals surface area contributed by atoms with E-state index >= 15 is 0 Å². The van der Waals surface area contributed by atoms with Crippen LogP contribution < -0.4 is 0 Å². The van der Waals surface area contributed by atoms with Crippen molar-refractivity contribution in [3.63, 3.8) is 0 Å². The van der Waals surface area contributed by atoms with E-state index in [1.807, 2.05) is 61.5 Å². The Morgan fingerprint density at radius 3 is 2.68 bits per heavy atom. The maximum Gasteiger partial charge on any atom is 0.290 e. The lowest BCUT2D eigenvalue weighted by Crippen LogP contribution is -2.37. The number of aromatic nitrogens is 1. The van der Waals surface area contributed by atoms with Crippen LogP contribution in [0, 0.1) is 13.8 Å². The first-order valence-electron chi connectivity index (χ1n) is 11.4. The number of thiazole rings is 1. The number of aliphatic hydroxyl groups is 1. The minimum atomic E-state index is -0.675. The highest BCUT2D eigenvalue weighted by molar-refractivity contribution is 7.17. The fraction of sp³-hybridized carbons (Fsp3) is 0.296. The van der Waals surface area contributed by atoms with Gasteiger partial charge in [0.05, 0.1) is 28.3 Å². The van der Waals surface area contributed by atoms with Crippen molar-refractivity contribution in [1.82, 2.24) is 9.88 Å². The Balaban J connectivity index is 1.56. The van der Waals surface area contributed by atoms with Gasteiger partial charge in [0.1, 0.15) is 5.01 Å². The number of nitrogens with zero attached hydrogens (tertiary/aromatic N) is 2. The molecule has 34 heavy (non-hydrogen) atoms. The summed E-state index contributed by atoms with van der Waals surface area (Å²) in [7, 11) is 0. The summed E-state index contributed by atoms with van der Waals surface area (Å²) in [6.07, 6.45) is 1.69. The number of carbonyl (C=O) groups is 2. The first-order valence-corrected chi connectivity index (χ1v) is 12.3. The molecule has 1 saturated heterocycles. The second-order valence-electron chi connectivity index (χ2n) is 8.80. The van der Waals surface area contributed by atoms with E-state index in [4.69, 9.17) is 4.74 Å². The molecule has 0 spiro atoms. The van der Waals surface area contributed by atoms with Gasteiger partial charge in [0.15, 0.2) is 5.76 Å². The van der Waals surface area contributed by atoms with Crippen LogP contribution in [0.15, 0.2) is 65.9 Å². The van der Waals surface area contributed by atoms with Gasteiger partial charge in [0.2, 0.25) is 5.78 Å². The van der Waals surface area contributed by atoms with Crippen molar-refractivity contribution in [3.05, 3.63) is 87.6 Å². The molecule has 5 rings (SSSR count). The van der Waals surface area contributed by atoms with Crippen LogP contribution in [0.4, 0.5) is 0 Å². The summed E-state index contributed by atoms with van der Waals surface area (Å²) in [6, 6.07) is 16.7. The summed E-state index contributed by atoms with van der Waals surface area (Å²) in [5.74, 6) is -1.37. The molecule has 1 fully saturated rings. The summed E-state index contributed by atoms with van der Waals surface area (Å²) in [6.45, 7) is 4.75. The zero-order chi connectivity index (χ0) is 23.8. The maximum absolute atomic E-state index is 13.9. The van der Waals surface area contributed by atoms with Crippen LogP contribution in [0.3, 0.4) is 0 Å². The first kappa shape index (κ1) is 22.5. The Hall–Kier alpha value is -3.29. The Morgan fingerprint density at radius 1 is 1.18 bits per heavy atom. The number of amides is 1. The van der Waals surface area contributed by atoms with E-state index in [-0.39, 0.29) is 17.5 Å². The van der Waals surface area contributed by atoms with Crippen LogP contribution in [-0.4, -0.2) is 45.9 Å². The van der Waals surface area contributed by atoms with E-state index in [9.17, 15) is 14.7 Å². The normalized spacial score (nSPS) is 20.4. The molecule has 0 aliphatic carbocycles. The quantitative estimate of drug-likeness (QED) is 0.498. The van der Waals surface area contributed by atoms with Crippen molar-refractivity contribution in [2.75, 3.05) is 13.2 Å². The fourth-order valence-electron chi connectivity index (χ4n) is 4.70. The molecule has 0 saturated carbocycles. The average molecular weight is 475 g/mol. The molecule has 1 aromatic heterocycles. The number of aryl methyl sites for hydroxylation is 2. The van der Waals surface area contributed by atoms with E-state index in [0.717, 1.165) is 34.5 Å². The molecule has 3 aromatic rings. The Morgan fingerprint density at radius 2 is 1.97 bits per heavy atom. The van der Waals surface area contributed by atoms with Crippen LogP contribution in [0.25, 0.3) is 10.6 Å². The summed E-state index contributed by atoms with van der Waals surface area (Å²) in [5, 5.41) is 11.7. The molecule has 1 amide bonds.